The molecule has 6 nitrogen and oxygen atoms in total. The van der Waals surface area contributed by atoms with Gasteiger partial charge >= 0.3 is 12.1 Å². The van der Waals surface area contributed by atoms with Gasteiger partial charge < -0.3 is 9.84 Å². The monoisotopic (exact) mass is 401 g/mol. The van der Waals surface area contributed by atoms with Crippen LogP contribution in [0.3, 0.4) is 0 Å². The summed E-state index contributed by atoms with van der Waals surface area (Å²) in [5.41, 5.74) is -2.52. The molecule has 3 rings (SSSR count). The summed E-state index contributed by atoms with van der Waals surface area (Å²) < 4.78 is 71.9. The zero-order chi connectivity index (χ0) is 20.6. The predicted octanol–water partition coefficient (Wildman–Crippen LogP) is 4.45. The van der Waals surface area contributed by atoms with Gasteiger partial charge in [0, 0.05) is 5.56 Å². The van der Waals surface area contributed by atoms with Crippen molar-refractivity contribution >= 4 is 11.6 Å². The Labute approximate surface area is 154 Å². The van der Waals surface area contributed by atoms with Gasteiger partial charge in [-0.1, -0.05) is 6.07 Å². The van der Waals surface area contributed by atoms with E-state index < -0.39 is 41.1 Å². The topological polar surface area (TPSA) is 76.7 Å². The van der Waals surface area contributed by atoms with E-state index in [2.05, 4.69) is 10.1 Å². The van der Waals surface area contributed by atoms with Crippen LogP contribution in [0.25, 0.3) is 16.9 Å². The highest BCUT2D eigenvalue weighted by molar-refractivity contribution is 5.94. The molecule has 148 valence electrons. The number of alkyl halides is 5. The van der Waals surface area contributed by atoms with Crippen molar-refractivity contribution in [3.63, 3.8) is 0 Å². The third kappa shape index (κ3) is 3.47. The molecule has 0 amide bonds. The van der Waals surface area contributed by atoms with Crippen LogP contribution < -0.4 is 4.74 Å². The van der Waals surface area contributed by atoms with Crippen molar-refractivity contribution < 1.29 is 36.6 Å². The number of carbonyl (C=O) groups is 1. The van der Waals surface area contributed by atoms with Crippen LogP contribution in [0.4, 0.5) is 22.0 Å². The Morgan fingerprint density at radius 3 is 2.57 bits per heavy atom. The van der Waals surface area contributed by atoms with Crippen LogP contribution in [-0.4, -0.2) is 32.3 Å². The Bertz CT molecular complexity index is 1050. The number of nitrogens with zero attached hydrogens (tertiary/aromatic N) is 3. The van der Waals surface area contributed by atoms with Crippen LogP contribution in [0.15, 0.2) is 30.5 Å². The van der Waals surface area contributed by atoms with Crippen molar-refractivity contribution in [2.24, 2.45) is 0 Å². The summed E-state index contributed by atoms with van der Waals surface area (Å²) in [5.74, 6) is -1.91. The SMILES string of the molecule is CCOc1cc(-c2cc(C(F)F)n3ncc(C(=O)O)c3n2)ccc1C(F)(F)F. The summed E-state index contributed by atoms with van der Waals surface area (Å²) in [6.45, 7) is 1.45. The van der Waals surface area contributed by atoms with Gasteiger partial charge in [0.05, 0.1) is 24.1 Å². The summed E-state index contributed by atoms with van der Waals surface area (Å²) in [5, 5.41) is 12.8. The van der Waals surface area contributed by atoms with Crippen molar-refractivity contribution in [2.75, 3.05) is 6.61 Å². The highest BCUT2D eigenvalue weighted by Gasteiger charge is 2.34. The maximum Gasteiger partial charge on any atom is 0.419 e. The lowest BCUT2D eigenvalue weighted by atomic mass is 10.1. The molecule has 0 aliphatic carbocycles. The van der Waals surface area contributed by atoms with Crippen molar-refractivity contribution in [1.82, 2.24) is 14.6 Å². The molecule has 1 aromatic carbocycles. The van der Waals surface area contributed by atoms with E-state index in [-0.39, 0.29) is 23.5 Å². The lowest BCUT2D eigenvalue weighted by Crippen LogP contribution is -2.09. The molecule has 2 heterocycles. The molecular weight excluding hydrogens is 389 g/mol. The second kappa shape index (κ2) is 7.06. The molecule has 0 atom stereocenters. The molecule has 1 N–H and O–H groups in total. The summed E-state index contributed by atoms with van der Waals surface area (Å²) in [7, 11) is 0. The Kier molecular flexibility index (Phi) is 4.92. The molecule has 0 aliphatic rings. The molecule has 0 radical (unpaired) electrons. The predicted molar refractivity (Wildman–Crippen MR) is 86.5 cm³/mol. The minimum absolute atomic E-state index is 0.0485. The smallest absolute Gasteiger partial charge is 0.419 e. The maximum absolute atomic E-state index is 13.4. The Morgan fingerprint density at radius 2 is 2.00 bits per heavy atom. The third-order valence-electron chi connectivity index (χ3n) is 3.84. The first-order valence-electron chi connectivity index (χ1n) is 7.88. The molecule has 3 aromatic rings. The van der Waals surface area contributed by atoms with Gasteiger partial charge in [-0.3, -0.25) is 0 Å². The number of ether oxygens (including phenoxy) is 1. The van der Waals surface area contributed by atoms with Crippen LogP contribution in [0.1, 0.15) is 35.0 Å². The fourth-order valence-corrected chi connectivity index (χ4v) is 2.63. The fourth-order valence-electron chi connectivity index (χ4n) is 2.63. The second-order valence-electron chi connectivity index (χ2n) is 5.61. The van der Waals surface area contributed by atoms with E-state index in [0.29, 0.717) is 4.52 Å². The van der Waals surface area contributed by atoms with E-state index in [0.717, 1.165) is 30.5 Å². The van der Waals surface area contributed by atoms with Crippen molar-refractivity contribution in [3.8, 4) is 17.0 Å². The first-order chi connectivity index (χ1) is 13.1. The van der Waals surface area contributed by atoms with Gasteiger partial charge in [-0.15, -0.1) is 0 Å². The third-order valence-corrected chi connectivity index (χ3v) is 3.84. The molecule has 0 aliphatic heterocycles. The molecule has 2 aromatic heterocycles. The van der Waals surface area contributed by atoms with Gasteiger partial charge in [0.1, 0.15) is 17.0 Å². The number of hydrogen-bond donors (Lipinski definition) is 1. The van der Waals surface area contributed by atoms with Crippen LogP contribution in [0.5, 0.6) is 5.75 Å². The fraction of sp³-hybridized carbons (Fsp3) is 0.235. The zero-order valence-electron chi connectivity index (χ0n) is 14.2. The molecule has 0 fully saturated rings. The maximum atomic E-state index is 13.4. The van der Waals surface area contributed by atoms with Gasteiger partial charge in [-0.2, -0.15) is 18.3 Å². The lowest BCUT2D eigenvalue weighted by Gasteiger charge is -2.15. The molecule has 0 saturated carbocycles. The van der Waals surface area contributed by atoms with Gasteiger partial charge in [-0.25, -0.2) is 23.1 Å². The number of benzene rings is 1. The molecular formula is C17H12F5N3O3. The van der Waals surface area contributed by atoms with Crippen molar-refractivity contribution in [2.45, 2.75) is 19.5 Å². The average molecular weight is 401 g/mol. The number of halogens is 5. The quantitative estimate of drug-likeness (QED) is 0.640. The molecule has 0 bridgehead atoms. The van der Waals surface area contributed by atoms with Crippen LogP contribution in [0, 0.1) is 0 Å². The van der Waals surface area contributed by atoms with E-state index in [4.69, 9.17) is 4.74 Å². The van der Waals surface area contributed by atoms with E-state index in [1.807, 2.05) is 0 Å². The number of carboxylic acid groups (broad SMARTS) is 1. The Balaban J connectivity index is 2.24. The average Bonchev–Trinajstić information content (AvgIpc) is 3.04. The first kappa shape index (κ1) is 19.5. The van der Waals surface area contributed by atoms with Gasteiger partial charge in [0.2, 0.25) is 0 Å². The highest BCUT2D eigenvalue weighted by atomic mass is 19.4. The summed E-state index contributed by atoms with van der Waals surface area (Å²) in [4.78, 5) is 15.3. The standard InChI is InChI=1S/C17H12F5N3O3/c1-2-28-13-5-8(3-4-10(13)17(20,21)22)11-6-12(14(18)19)25-15(24-11)9(7-23-25)16(26)27/h3-7,14H,2H2,1H3,(H,26,27). The summed E-state index contributed by atoms with van der Waals surface area (Å²) in [6.07, 6.45) is -6.82. The van der Waals surface area contributed by atoms with Crippen LogP contribution in [-0.2, 0) is 6.18 Å². The largest absolute Gasteiger partial charge is 0.493 e. The van der Waals surface area contributed by atoms with E-state index in [1.165, 1.54) is 6.92 Å². The Hall–Kier alpha value is -3.24. The normalized spacial score (nSPS) is 12.0. The molecule has 0 unspecified atom stereocenters. The van der Waals surface area contributed by atoms with Gasteiger partial charge in [0.15, 0.2) is 5.65 Å². The number of aromatic carboxylic acids is 1. The summed E-state index contributed by atoms with van der Waals surface area (Å²) >= 11 is 0. The molecule has 28 heavy (non-hydrogen) atoms. The number of hydrogen-bond acceptors (Lipinski definition) is 4. The number of aromatic nitrogens is 3. The summed E-state index contributed by atoms with van der Waals surface area (Å²) in [6, 6.07) is 3.77. The van der Waals surface area contributed by atoms with E-state index in [9.17, 15) is 31.9 Å². The van der Waals surface area contributed by atoms with E-state index in [1.54, 1.807) is 0 Å². The van der Waals surface area contributed by atoms with E-state index >= 15 is 0 Å². The van der Waals surface area contributed by atoms with Gasteiger partial charge in [0.25, 0.3) is 6.43 Å². The molecule has 0 spiro atoms. The zero-order valence-corrected chi connectivity index (χ0v) is 14.2. The number of rotatable bonds is 5. The first-order valence-corrected chi connectivity index (χ1v) is 7.88. The number of fused-ring (bicyclic) bond motifs is 1. The van der Waals surface area contributed by atoms with Crippen molar-refractivity contribution in [1.29, 1.82) is 0 Å². The highest BCUT2D eigenvalue weighted by Crippen LogP contribution is 2.39. The molecule has 11 heteroatoms. The lowest BCUT2D eigenvalue weighted by molar-refractivity contribution is -0.138. The van der Waals surface area contributed by atoms with Gasteiger partial charge in [-0.05, 0) is 25.1 Å². The van der Waals surface area contributed by atoms with Crippen LogP contribution >= 0.6 is 0 Å². The van der Waals surface area contributed by atoms with Crippen molar-refractivity contribution in [3.05, 3.63) is 47.3 Å². The molecule has 0 saturated heterocycles. The minimum Gasteiger partial charge on any atom is -0.493 e. The van der Waals surface area contributed by atoms with Crippen LogP contribution in [0.2, 0.25) is 0 Å². The second-order valence-corrected chi connectivity index (χ2v) is 5.61. The Morgan fingerprint density at radius 1 is 1.29 bits per heavy atom. The minimum atomic E-state index is -4.67. The number of carboxylic acids is 1.